The molecule has 0 unspecified atom stereocenters. The van der Waals surface area contributed by atoms with E-state index in [1.54, 1.807) is 11.3 Å². The Morgan fingerprint density at radius 1 is 1.17 bits per heavy atom. The second-order valence-corrected chi connectivity index (χ2v) is 7.21. The number of aromatic nitrogens is 1. The summed E-state index contributed by atoms with van der Waals surface area (Å²) in [5.74, 6) is 0.343. The lowest BCUT2D eigenvalue weighted by Gasteiger charge is -2.06. The Balaban J connectivity index is 1.55. The first-order valence-electron chi connectivity index (χ1n) is 8.13. The van der Waals surface area contributed by atoms with E-state index in [0.717, 1.165) is 34.2 Å². The van der Waals surface area contributed by atoms with Gasteiger partial charge < -0.3 is 9.88 Å². The van der Waals surface area contributed by atoms with Crippen LogP contribution in [0.2, 0.25) is 0 Å². The molecule has 4 nitrogen and oxygen atoms in total. The summed E-state index contributed by atoms with van der Waals surface area (Å²) in [5.41, 5.74) is 1.69. The average Bonchev–Trinajstić information content (AvgIpc) is 3.20. The lowest BCUT2D eigenvalue weighted by Crippen LogP contribution is -2.26. The van der Waals surface area contributed by atoms with Crippen LogP contribution in [0.15, 0.2) is 48.0 Å². The number of thiophene rings is 1. The molecule has 0 saturated heterocycles. The third-order valence-electron chi connectivity index (χ3n) is 4.36. The van der Waals surface area contributed by atoms with Crippen LogP contribution in [0.3, 0.4) is 0 Å². The number of ketones is 1. The third kappa shape index (κ3) is 2.99. The van der Waals surface area contributed by atoms with Crippen molar-refractivity contribution in [2.45, 2.75) is 25.9 Å². The number of benzene rings is 1. The van der Waals surface area contributed by atoms with Gasteiger partial charge >= 0.3 is 0 Å². The molecule has 3 aromatic rings. The van der Waals surface area contributed by atoms with Gasteiger partial charge in [-0.05, 0) is 30.4 Å². The average molecular weight is 338 g/mol. The maximum absolute atomic E-state index is 12.5. The van der Waals surface area contributed by atoms with E-state index < -0.39 is 0 Å². The van der Waals surface area contributed by atoms with Gasteiger partial charge in [-0.3, -0.25) is 9.59 Å². The minimum absolute atomic E-state index is 0.0467. The van der Waals surface area contributed by atoms with Crippen molar-refractivity contribution in [3.05, 3.63) is 58.4 Å². The first-order chi connectivity index (χ1) is 11.7. The van der Waals surface area contributed by atoms with E-state index in [-0.39, 0.29) is 24.2 Å². The van der Waals surface area contributed by atoms with E-state index in [9.17, 15) is 9.59 Å². The first kappa shape index (κ1) is 15.1. The Morgan fingerprint density at radius 2 is 2.00 bits per heavy atom. The first-order valence-corrected chi connectivity index (χ1v) is 9.01. The second-order valence-electron chi connectivity index (χ2n) is 6.18. The van der Waals surface area contributed by atoms with Gasteiger partial charge in [0.05, 0.1) is 6.54 Å². The highest BCUT2D eigenvalue weighted by Crippen LogP contribution is 2.35. The second kappa shape index (κ2) is 6.24. The van der Waals surface area contributed by atoms with Crippen molar-refractivity contribution in [1.82, 2.24) is 9.88 Å². The number of carbonyl (C=O) groups is 2. The van der Waals surface area contributed by atoms with Crippen LogP contribution in [0.1, 0.15) is 28.1 Å². The number of para-hydroxylation sites is 1. The maximum Gasteiger partial charge on any atom is 0.240 e. The summed E-state index contributed by atoms with van der Waals surface area (Å²) in [6.45, 7) is 0.771. The summed E-state index contributed by atoms with van der Waals surface area (Å²) in [6.07, 6.45) is 3.81. The van der Waals surface area contributed by atoms with Gasteiger partial charge in [-0.2, -0.15) is 0 Å². The topological polar surface area (TPSA) is 51.1 Å². The molecule has 122 valence electrons. The van der Waals surface area contributed by atoms with Crippen LogP contribution in [-0.2, 0) is 17.9 Å². The van der Waals surface area contributed by atoms with Gasteiger partial charge in [0, 0.05) is 33.5 Å². The number of hydrogen-bond acceptors (Lipinski definition) is 3. The highest BCUT2D eigenvalue weighted by Gasteiger charge is 2.32. The molecule has 1 amide bonds. The van der Waals surface area contributed by atoms with Gasteiger partial charge in [0.2, 0.25) is 5.91 Å². The Morgan fingerprint density at radius 3 is 2.75 bits per heavy atom. The molecule has 0 spiro atoms. The number of fused-ring (bicyclic) bond motifs is 1. The normalized spacial score (nSPS) is 14.0. The molecular formula is C19H18N2O2S. The minimum Gasteiger partial charge on any atom is -0.350 e. The summed E-state index contributed by atoms with van der Waals surface area (Å²) in [5, 5.41) is 5.88. The van der Waals surface area contributed by atoms with Gasteiger partial charge in [0.25, 0.3) is 0 Å². The minimum atomic E-state index is -0.0467. The highest BCUT2D eigenvalue weighted by atomic mass is 32.1. The van der Waals surface area contributed by atoms with Crippen LogP contribution in [-0.4, -0.2) is 16.3 Å². The van der Waals surface area contributed by atoms with E-state index in [1.165, 1.54) is 0 Å². The van der Waals surface area contributed by atoms with Crippen molar-refractivity contribution in [3.63, 3.8) is 0 Å². The molecule has 1 aliphatic carbocycles. The quantitative estimate of drug-likeness (QED) is 0.698. The van der Waals surface area contributed by atoms with Crippen LogP contribution < -0.4 is 5.32 Å². The van der Waals surface area contributed by atoms with Crippen LogP contribution in [0.25, 0.3) is 10.9 Å². The molecule has 4 rings (SSSR count). The van der Waals surface area contributed by atoms with E-state index in [4.69, 9.17) is 0 Å². The molecule has 1 aliphatic rings. The molecule has 1 fully saturated rings. The Kier molecular flexibility index (Phi) is 3.94. The molecule has 24 heavy (non-hydrogen) atoms. The summed E-state index contributed by atoms with van der Waals surface area (Å²) in [7, 11) is 0. The van der Waals surface area contributed by atoms with Gasteiger partial charge in [-0.25, -0.2) is 0 Å². The predicted octanol–water partition coefficient (Wildman–Crippen LogP) is 3.61. The Hall–Kier alpha value is -2.40. The number of rotatable bonds is 6. The van der Waals surface area contributed by atoms with Crippen molar-refractivity contribution < 1.29 is 9.59 Å². The van der Waals surface area contributed by atoms with Crippen LogP contribution in [0.5, 0.6) is 0 Å². The molecule has 5 heteroatoms. The number of amides is 1. The predicted molar refractivity (Wildman–Crippen MR) is 95.2 cm³/mol. The van der Waals surface area contributed by atoms with Gasteiger partial charge in [-0.15, -0.1) is 11.3 Å². The smallest absolute Gasteiger partial charge is 0.240 e. The van der Waals surface area contributed by atoms with E-state index in [0.29, 0.717) is 6.54 Å². The van der Waals surface area contributed by atoms with E-state index >= 15 is 0 Å². The van der Waals surface area contributed by atoms with Crippen LogP contribution in [0.4, 0.5) is 0 Å². The summed E-state index contributed by atoms with van der Waals surface area (Å²) < 4.78 is 1.88. The SMILES string of the molecule is O=C(Cn1cc(C(=O)C2CC2)c2ccccc21)NCc1cccs1. The maximum atomic E-state index is 12.5. The van der Waals surface area contributed by atoms with Gasteiger partial charge in [-0.1, -0.05) is 24.3 Å². The third-order valence-corrected chi connectivity index (χ3v) is 5.23. The molecule has 0 bridgehead atoms. The largest absolute Gasteiger partial charge is 0.350 e. The zero-order valence-corrected chi connectivity index (χ0v) is 14.0. The summed E-state index contributed by atoms with van der Waals surface area (Å²) in [6, 6.07) is 11.8. The van der Waals surface area contributed by atoms with E-state index in [2.05, 4.69) is 5.32 Å². The lowest BCUT2D eigenvalue weighted by molar-refractivity contribution is -0.121. The van der Waals surface area contributed by atoms with Crippen molar-refractivity contribution in [3.8, 4) is 0 Å². The molecular weight excluding hydrogens is 320 g/mol. The molecule has 0 atom stereocenters. The number of nitrogens with zero attached hydrogens (tertiary/aromatic N) is 1. The fourth-order valence-corrected chi connectivity index (χ4v) is 3.59. The van der Waals surface area contributed by atoms with Crippen molar-refractivity contribution in [2.24, 2.45) is 5.92 Å². The molecule has 1 aromatic carbocycles. The zero-order chi connectivity index (χ0) is 16.5. The highest BCUT2D eigenvalue weighted by molar-refractivity contribution is 7.09. The molecule has 0 aliphatic heterocycles. The van der Waals surface area contributed by atoms with Crippen molar-refractivity contribution >= 4 is 33.9 Å². The summed E-state index contributed by atoms with van der Waals surface area (Å²) in [4.78, 5) is 25.9. The molecule has 1 N–H and O–H groups in total. The number of nitrogens with one attached hydrogen (secondary N) is 1. The zero-order valence-electron chi connectivity index (χ0n) is 13.2. The monoisotopic (exact) mass is 338 g/mol. The Labute approximate surface area is 144 Å². The molecule has 0 radical (unpaired) electrons. The lowest BCUT2D eigenvalue weighted by atomic mass is 10.1. The van der Waals surface area contributed by atoms with Crippen LogP contribution >= 0.6 is 11.3 Å². The fraction of sp³-hybridized carbons (Fsp3) is 0.263. The number of Topliss-reactive ketones (excluding diaryl/α,β-unsaturated/α-hetero) is 1. The standard InChI is InChI=1S/C19H18N2O2S/c22-18(20-10-14-4-3-9-24-14)12-21-11-16(19(23)13-7-8-13)15-5-1-2-6-17(15)21/h1-6,9,11,13H,7-8,10,12H2,(H,20,22). The van der Waals surface area contributed by atoms with E-state index in [1.807, 2.05) is 52.5 Å². The molecule has 2 heterocycles. The molecule has 2 aromatic heterocycles. The molecule has 1 saturated carbocycles. The van der Waals surface area contributed by atoms with Crippen molar-refractivity contribution in [2.75, 3.05) is 0 Å². The summed E-state index contributed by atoms with van der Waals surface area (Å²) >= 11 is 1.63. The van der Waals surface area contributed by atoms with Gasteiger partial charge in [0.15, 0.2) is 5.78 Å². The number of carbonyl (C=O) groups excluding carboxylic acids is 2. The van der Waals surface area contributed by atoms with Gasteiger partial charge in [0.1, 0.15) is 6.54 Å². The fourth-order valence-electron chi connectivity index (χ4n) is 2.95. The van der Waals surface area contributed by atoms with Crippen LogP contribution in [0, 0.1) is 5.92 Å². The van der Waals surface area contributed by atoms with Crippen molar-refractivity contribution in [1.29, 1.82) is 0 Å². The number of hydrogen-bond donors (Lipinski definition) is 1. The Bertz CT molecular complexity index is 891.